The molecule has 4 aliphatic heterocycles. The van der Waals surface area contributed by atoms with Crippen LogP contribution in [0.3, 0.4) is 0 Å². The maximum atomic E-state index is 11.8. The van der Waals surface area contributed by atoms with Gasteiger partial charge in [0.25, 0.3) is 0 Å². The van der Waals surface area contributed by atoms with Crippen LogP contribution in [-0.4, -0.2) is 80.3 Å². The van der Waals surface area contributed by atoms with E-state index in [0.29, 0.717) is 41.0 Å². The van der Waals surface area contributed by atoms with Crippen LogP contribution in [0.25, 0.3) is 39.2 Å². The molecule has 0 saturated carbocycles. The van der Waals surface area contributed by atoms with Crippen molar-refractivity contribution in [2.24, 2.45) is 0 Å². The van der Waals surface area contributed by atoms with Crippen LogP contribution in [0.4, 0.5) is 0 Å². The van der Waals surface area contributed by atoms with Gasteiger partial charge >= 0.3 is 0 Å². The molecule has 4 fully saturated rings. The second kappa shape index (κ2) is 12.3. The summed E-state index contributed by atoms with van der Waals surface area (Å²) in [5.41, 5.74) is 7.67. The van der Waals surface area contributed by atoms with Gasteiger partial charge in [-0.15, -0.1) is 0 Å². The summed E-state index contributed by atoms with van der Waals surface area (Å²) < 4.78 is 7.77. The highest BCUT2D eigenvalue weighted by Gasteiger charge is 2.48. The van der Waals surface area contributed by atoms with Gasteiger partial charge < -0.3 is 19.8 Å². The number of imidazole rings is 1. The average molecular weight is 723 g/mol. The minimum Gasteiger partial charge on any atom is -0.481 e. The molecule has 7 heterocycles. The molecule has 2 N–H and O–H groups in total. The number of benzene rings is 2. The molecule has 0 radical (unpaired) electrons. The van der Waals surface area contributed by atoms with Gasteiger partial charge in [-0.2, -0.15) is 0 Å². The quantitative estimate of drug-likeness (QED) is 0.203. The van der Waals surface area contributed by atoms with Crippen molar-refractivity contribution in [3.8, 4) is 39.4 Å². The Morgan fingerprint density at radius 2 is 1.37 bits per heavy atom. The summed E-state index contributed by atoms with van der Waals surface area (Å²) in [4.78, 5) is 37.9. The minimum atomic E-state index is -0.0739. The lowest BCUT2D eigenvalue weighted by Crippen LogP contribution is -2.66. The zero-order valence-electron chi connectivity index (χ0n) is 28.2. The van der Waals surface area contributed by atoms with Crippen molar-refractivity contribution in [2.75, 3.05) is 33.3 Å². The van der Waals surface area contributed by atoms with Crippen LogP contribution in [0, 0.1) is 0 Å². The number of fused-ring (bicyclic) bond motifs is 1. The third-order valence-corrected chi connectivity index (χ3v) is 11.7. The van der Waals surface area contributed by atoms with Crippen LogP contribution >= 0.6 is 23.2 Å². The molecule has 0 aliphatic carbocycles. The highest BCUT2D eigenvalue weighted by Crippen LogP contribution is 2.43. The van der Waals surface area contributed by atoms with Gasteiger partial charge in [-0.1, -0.05) is 65.7 Å². The van der Waals surface area contributed by atoms with Gasteiger partial charge in [0.15, 0.2) is 0 Å². The number of carbonyl (C=O) groups excluding carboxylic acids is 2. The van der Waals surface area contributed by atoms with E-state index in [9.17, 15) is 9.59 Å². The number of likely N-dealkylation sites (tertiary alicyclic amines) is 2. The Kier molecular flexibility index (Phi) is 7.84. The minimum absolute atomic E-state index is 0.0443. The topological polar surface area (TPSA) is 104 Å². The van der Waals surface area contributed by atoms with Crippen LogP contribution in [-0.2, 0) is 22.7 Å². The monoisotopic (exact) mass is 721 g/mol. The van der Waals surface area contributed by atoms with Gasteiger partial charge in [-0.25, -0.2) is 9.97 Å². The number of aromatic nitrogens is 3. The van der Waals surface area contributed by atoms with Gasteiger partial charge in [0.05, 0.1) is 39.6 Å². The van der Waals surface area contributed by atoms with E-state index in [2.05, 4.69) is 38.8 Å². The van der Waals surface area contributed by atoms with E-state index >= 15 is 0 Å². The van der Waals surface area contributed by atoms with Gasteiger partial charge in [-0.05, 0) is 36.6 Å². The van der Waals surface area contributed by atoms with E-state index in [1.165, 1.54) is 0 Å². The van der Waals surface area contributed by atoms with E-state index in [1.54, 1.807) is 7.11 Å². The van der Waals surface area contributed by atoms with Crippen molar-refractivity contribution in [2.45, 2.75) is 49.9 Å². The lowest BCUT2D eigenvalue weighted by Gasteiger charge is -2.48. The highest BCUT2D eigenvalue weighted by atomic mass is 35.5. The number of halogens is 2. The largest absolute Gasteiger partial charge is 0.481 e. The number of nitrogens with zero attached hydrogens (tertiary/aromatic N) is 5. The Bertz CT molecular complexity index is 2220. The first-order chi connectivity index (χ1) is 24.7. The molecule has 51 heavy (non-hydrogen) atoms. The fraction of sp³-hybridized carbons (Fsp3) is 0.333. The number of rotatable bonds is 8. The standard InChI is InChI=1S/C39H37Cl2N7O3/c1-51-37-25(17-46-20-38(21-46)13-10-33(49)44-38)8-9-31(43-37)30-7-3-6-29(36(30)41)28-5-2-4-27(35(28)40)24-12-15-48-19-26(42-32(48)16-24)18-47-22-39(23-47)14-11-34(50)45-39/h2-9,12,15-16,19H,10-11,13-14,17-18,20-23H2,1H3,(H,44,49)(H,45,50). The molecule has 4 aliphatic rings. The lowest BCUT2D eigenvalue weighted by atomic mass is 9.88. The molecule has 4 saturated heterocycles. The lowest BCUT2D eigenvalue weighted by molar-refractivity contribution is -0.121. The maximum absolute atomic E-state index is 11.8. The van der Waals surface area contributed by atoms with E-state index in [1.807, 2.05) is 59.1 Å². The predicted molar refractivity (Wildman–Crippen MR) is 197 cm³/mol. The number of methoxy groups -OCH3 is 1. The first-order valence-electron chi connectivity index (χ1n) is 17.4. The Hall–Kier alpha value is -4.48. The van der Waals surface area contributed by atoms with E-state index in [0.717, 1.165) is 90.3 Å². The zero-order chi connectivity index (χ0) is 34.9. The molecule has 2 spiro atoms. The normalized spacial score (nSPS) is 19.4. The fourth-order valence-electron chi connectivity index (χ4n) is 8.43. The Morgan fingerprint density at radius 1 is 0.765 bits per heavy atom. The molecule has 9 rings (SSSR count). The number of pyridine rings is 2. The second-order valence-electron chi connectivity index (χ2n) is 14.6. The van der Waals surface area contributed by atoms with Crippen LogP contribution in [0.1, 0.15) is 36.9 Å². The number of hydrogen-bond donors (Lipinski definition) is 2. The summed E-state index contributed by atoms with van der Waals surface area (Å²) in [6, 6.07) is 20.0. The molecule has 12 heteroatoms. The summed E-state index contributed by atoms with van der Waals surface area (Å²) in [5.74, 6) is 0.856. The summed E-state index contributed by atoms with van der Waals surface area (Å²) in [5, 5.41) is 7.45. The average Bonchev–Trinajstić information content (AvgIpc) is 3.81. The number of amides is 2. The van der Waals surface area contributed by atoms with Crippen molar-refractivity contribution in [3.05, 3.63) is 94.4 Å². The number of nitrogens with one attached hydrogen (secondary N) is 2. The summed E-state index contributed by atoms with van der Waals surface area (Å²) in [7, 11) is 1.63. The maximum Gasteiger partial charge on any atom is 0.220 e. The van der Waals surface area contributed by atoms with Gasteiger partial charge in [-0.3, -0.25) is 19.4 Å². The molecular formula is C39H37Cl2N7O3. The van der Waals surface area contributed by atoms with Crippen LogP contribution in [0.15, 0.2) is 73.1 Å². The molecule has 3 aromatic heterocycles. The Morgan fingerprint density at radius 3 is 2.00 bits per heavy atom. The van der Waals surface area contributed by atoms with E-state index < -0.39 is 0 Å². The SMILES string of the molecule is COc1nc(-c2cccc(-c3cccc(-c4ccn5cc(CN6CC7(CCC(=O)N7)C6)nc5c4)c3Cl)c2Cl)ccc1CN1CC2(CCC(=O)N2)C1. The summed E-state index contributed by atoms with van der Waals surface area (Å²) in [6.45, 7) is 4.81. The molecule has 5 aromatic rings. The fourth-order valence-corrected chi connectivity index (χ4v) is 9.09. The molecule has 0 bridgehead atoms. The number of ether oxygens (including phenoxy) is 1. The molecule has 2 amide bonds. The van der Waals surface area contributed by atoms with Crippen molar-refractivity contribution in [1.82, 2.24) is 34.8 Å². The van der Waals surface area contributed by atoms with Crippen LogP contribution in [0.5, 0.6) is 5.88 Å². The first-order valence-corrected chi connectivity index (χ1v) is 18.1. The predicted octanol–water partition coefficient (Wildman–Crippen LogP) is 5.97. The third kappa shape index (κ3) is 5.84. The molecule has 260 valence electrons. The van der Waals surface area contributed by atoms with Crippen molar-refractivity contribution >= 4 is 40.7 Å². The zero-order valence-corrected chi connectivity index (χ0v) is 29.7. The number of hydrogen-bond acceptors (Lipinski definition) is 7. The van der Waals surface area contributed by atoms with Gasteiger partial charge in [0, 0.05) is 92.3 Å². The van der Waals surface area contributed by atoms with E-state index in [-0.39, 0.29) is 22.9 Å². The molecule has 2 aromatic carbocycles. The van der Waals surface area contributed by atoms with Gasteiger partial charge in [0.2, 0.25) is 17.7 Å². The van der Waals surface area contributed by atoms with E-state index in [4.69, 9.17) is 37.9 Å². The molecule has 10 nitrogen and oxygen atoms in total. The summed E-state index contributed by atoms with van der Waals surface area (Å²) >= 11 is 14.3. The third-order valence-electron chi connectivity index (χ3n) is 10.9. The molecule has 0 unspecified atom stereocenters. The number of carbonyl (C=O) groups is 2. The van der Waals surface area contributed by atoms with Crippen molar-refractivity contribution in [1.29, 1.82) is 0 Å². The smallest absolute Gasteiger partial charge is 0.220 e. The molecule has 0 atom stereocenters. The Labute approximate surface area is 305 Å². The van der Waals surface area contributed by atoms with Crippen molar-refractivity contribution in [3.63, 3.8) is 0 Å². The first kappa shape index (κ1) is 32.4. The van der Waals surface area contributed by atoms with Crippen LogP contribution in [0.2, 0.25) is 10.0 Å². The van der Waals surface area contributed by atoms with Gasteiger partial charge in [0.1, 0.15) is 5.65 Å². The molecular weight excluding hydrogens is 685 g/mol. The van der Waals surface area contributed by atoms with Crippen molar-refractivity contribution < 1.29 is 14.3 Å². The highest BCUT2D eigenvalue weighted by molar-refractivity contribution is 6.39. The summed E-state index contributed by atoms with van der Waals surface area (Å²) in [6.07, 6.45) is 7.11. The van der Waals surface area contributed by atoms with Crippen LogP contribution < -0.4 is 15.4 Å². The Balaban J connectivity index is 0.940. The second-order valence-corrected chi connectivity index (χ2v) is 15.3.